The van der Waals surface area contributed by atoms with Crippen LogP contribution >= 0.6 is 0 Å². The second-order valence-corrected chi connectivity index (χ2v) is 3.52. The van der Waals surface area contributed by atoms with Gasteiger partial charge in [-0.25, -0.2) is 0 Å². The topological polar surface area (TPSA) is 15.8 Å². The van der Waals surface area contributed by atoms with Gasteiger partial charge in [0.1, 0.15) is 0 Å². The van der Waals surface area contributed by atoms with Gasteiger partial charge in [-0.2, -0.15) is 0 Å². The average Bonchev–Trinajstić information content (AvgIpc) is 2.54. The first-order valence-electron chi connectivity index (χ1n) is 5.06. The molecule has 14 heavy (non-hydrogen) atoms. The minimum atomic E-state index is 1.08. The van der Waals surface area contributed by atoms with Crippen molar-refractivity contribution in [2.24, 2.45) is 0 Å². The third kappa shape index (κ3) is 1.46. The maximum atomic E-state index is 3.41. The lowest BCUT2D eigenvalue weighted by molar-refractivity contribution is 1.23. The van der Waals surface area contributed by atoms with Gasteiger partial charge >= 0.3 is 0 Å². The largest absolute Gasteiger partial charge is 0.355 e. The number of rotatable bonds is 2. The molecule has 0 radical (unpaired) electrons. The second-order valence-electron chi connectivity index (χ2n) is 3.52. The highest BCUT2D eigenvalue weighted by Gasteiger charge is 2.02. The van der Waals surface area contributed by atoms with E-state index in [9.17, 15) is 0 Å². The number of H-pyrrole nitrogens is 1. The molecule has 0 aliphatic carbocycles. The molecular formula is C13H15N. The molecule has 2 aromatic rings. The zero-order valence-electron chi connectivity index (χ0n) is 8.67. The number of aryl methyl sites for hydroxylation is 1. The predicted octanol–water partition coefficient (Wildman–Crippen LogP) is 3.90. The van der Waals surface area contributed by atoms with Crippen LogP contribution in [0, 0.1) is 6.92 Å². The molecule has 0 aliphatic heterocycles. The number of aromatic amines is 1. The highest BCUT2D eigenvalue weighted by Crippen LogP contribution is 2.21. The molecular weight excluding hydrogens is 170 g/mol. The van der Waals surface area contributed by atoms with E-state index in [1.54, 1.807) is 0 Å². The fraction of sp³-hybridized carbons (Fsp3) is 0.231. The molecule has 0 bridgehead atoms. The van der Waals surface area contributed by atoms with E-state index >= 15 is 0 Å². The van der Waals surface area contributed by atoms with Crippen molar-refractivity contribution in [2.75, 3.05) is 0 Å². The number of hydrogen-bond donors (Lipinski definition) is 1. The maximum Gasteiger partial charge on any atom is 0.0461 e. The molecule has 1 aromatic heterocycles. The fourth-order valence-electron chi connectivity index (χ4n) is 1.71. The Hall–Kier alpha value is -1.50. The first-order valence-corrected chi connectivity index (χ1v) is 5.06. The van der Waals surface area contributed by atoms with Gasteiger partial charge in [-0.3, -0.25) is 0 Å². The molecule has 0 spiro atoms. The van der Waals surface area contributed by atoms with Crippen LogP contribution in [-0.2, 0) is 0 Å². The fourth-order valence-corrected chi connectivity index (χ4v) is 1.71. The predicted molar refractivity (Wildman–Crippen MR) is 62.4 cm³/mol. The van der Waals surface area contributed by atoms with Crippen LogP contribution in [0.3, 0.4) is 0 Å². The van der Waals surface area contributed by atoms with Gasteiger partial charge in [0.2, 0.25) is 0 Å². The van der Waals surface area contributed by atoms with Crippen molar-refractivity contribution in [3.63, 3.8) is 0 Å². The van der Waals surface area contributed by atoms with Crippen LogP contribution in [0.4, 0.5) is 0 Å². The quantitative estimate of drug-likeness (QED) is 0.730. The van der Waals surface area contributed by atoms with Gasteiger partial charge in [0.25, 0.3) is 0 Å². The first kappa shape index (κ1) is 9.07. The third-order valence-electron chi connectivity index (χ3n) is 2.52. The van der Waals surface area contributed by atoms with Crippen molar-refractivity contribution in [2.45, 2.75) is 20.3 Å². The summed E-state index contributed by atoms with van der Waals surface area (Å²) in [4.78, 5) is 3.41. The Kier molecular flexibility index (Phi) is 2.40. The molecule has 0 amide bonds. The molecule has 1 heteroatoms. The summed E-state index contributed by atoms with van der Waals surface area (Å²) in [5, 5.41) is 1.32. The summed E-state index contributed by atoms with van der Waals surface area (Å²) < 4.78 is 0. The van der Waals surface area contributed by atoms with Crippen molar-refractivity contribution < 1.29 is 0 Å². The van der Waals surface area contributed by atoms with Crippen LogP contribution in [0.15, 0.2) is 30.3 Å². The highest BCUT2D eigenvalue weighted by atomic mass is 14.7. The summed E-state index contributed by atoms with van der Waals surface area (Å²) in [6.07, 6.45) is 5.42. The van der Waals surface area contributed by atoms with E-state index in [0.29, 0.717) is 0 Å². The van der Waals surface area contributed by atoms with Crippen LogP contribution in [0.25, 0.3) is 17.0 Å². The van der Waals surface area contributed by atoms with Gasteiger partial charge in [0, 0.05) is 16.6 Å². The van der Waals surface area contributed by atoms with Crippen LogP contribution in [0.5, 0.6) is 0 Å². The molecule has 1 N–H and O–H groups in total. The van der Waals surface area contributed by atoms with E-state index < -0.39 is 0 Å². The normalized spacial score (nSPS) is 11.6. The summed E-state index contributed by atoms with van der Waals surface area (Å²) in [5.41, 5.74) is 3.79. The van der Waals surface area contributed by atoms with Crippen molar-refractivity contribution in [1.29, 1.82) is 0 Å². The molecule has 0 unspecified atom stereocenters. The summed E-state index contributed by atoms with van der Waals surface area (Å²) in [6, 6.07) is 8.41. The smallest absolute Gasteiger partial charge is 0.0461 e. The van der Waals surface area contributed by atoms with Gasteiger partial charge < -0.3 is 4.98 Å². The minimum absolute atomic E-state index is 1.08. The minimum Gasteiger partial charge on any atom is -0.355 e. The van der Waals surface area contributed by atoms with Gasteiger partial charge in [-0.05, 0) is 31.1 Å². The molecule has 2 rings (SSSR count). The van der Waals surface area contributed by atoms with E-state index in [4.69, 9.17) is 0 Å². The molecule has 1 heterocycles. The number of hydrogen-bond acceptors (Lipinski definition) is 0. The summed E-state index contributed by atoms with van der Waals surface area (Å²) in [5.74, 6) is 0. The highest BCUT2D eigenvalue weighted by molar-refractivity contribution is 5.86. The summed E-state index contributed by atoms with van der Waals surface area (Å²) in [6.45, 7) is 4.31. The lowest BCUT2D eigenvalue weighted by atomic mass is 10.1. The third-order valence-corrected chi connectivity index (χ3v) is 2.52. The molecule has 0 aliphatic rings. The molecule has 0 saturated heterocycles. The number of aromatic nitrogens is 1. The van der Waals surface area contributed by atoms with Gasteiger partial charge in [0.15, 0.2) is 0 Å². The molecule has 0 saturated carbocycles. The monoisotopic (exact) mass is 185 g/mol. The van der Waals surface area contributed by atoms with Crippen LogP contribution in [0.2, 0.25) is 0 Å². The Bertz CT molecular complexity index is 463. The first-order chi connectivity index (χ1) is 6.83. The molecule has 1 aromatic carbocycles. The Balaban J connectivity index is 2.57. The standard InChI is InChI=1S/C13H15N/c1-3-4-8-12-10(2)11-7-5-6-9-13(11)14-12/h4-9,14H,3H2,1-2H3/b8-4-. The zero-order chi connectivity index (χ0) is 9.97. The number of para-hydroxylation sites is 1. The van der Waals surface area contributed by atoms with Gasteiger partial charge in [-0.15, -0.1) is 0 Å². The van der Waals surface area contributed by atoms with Crippen molar-refractivity contribution >= 4 is 17.0 Å². The van der Waals surface area contributed by atoms with Gasteiger partial charge in [-0.1, -0.05) is 31.2 Å². The number of nitrogens with one attached hydrogen (secondary N) is 1. The Morgan fingerprint density at radius 2 is 2.07 bits per heavy atom. The summed E-state index contributed by atoms with van der Waals surface area (Å²) in [7, 11) is 0. The summed E-state index contributed by atoms with van der Waals surface area (Å²) >= 11 is 0. The zero-order valence-corrected chi connectivity index (χ0v) is 8.67. The van der Waals surface area contributed by atoms with Crippen LogP contribution < -0.4 is 0 Å². The molecule has 0 atom stereocenters. The van der Waals surface area contributed by atoms with E-state index in [1.165, 1.54) is 22.2 Å². The lowest BCUT2D eigenvalue weighted by Crippen LogP contribution is -1.73. The van der Waals surface area contributed by atoms with Crippen molar-refractivity contribution in [3.05, 3.63) is 41.6 Å². The Morgan fingerprint density at radius 1 is 1.29 bits per heavy atom. The van der Waals surface area contributed by atoms with E-state index in [2.05, 4.69) is 55.2 Å². The Morgan fingerprint density at radius 3 is 2.79 bits per heavy atom. The van der Waals surface area contributed by atoms with E-state index in [1.807, 2.05) is 0 Å². The lowest BCUT2D eigenvalue weighted by Gasteiger charge is -1.90. The maximum absolute atomic E-state index is 3.41. The van der Waals surface area contributed by atoms with Crippen LogP contribution in [0.1, 0.15) is 24.6 Å². The SMILES string of the molecule is CC/C=C\c1[nH]c2ccccc2c1C. The second kappa shape index (κ2) is 3.70. The van der Waals surface area contributed by atoms with Gasteiger partial charge in [0.05, 0.1) is 0 Å². The Labute approximate surface area is 84.5 Å². The number of benzene rings is 1. The molecule has 0 fully saturated rings. The van der Waals surface area contributed by atoms with Crippen LogP contribution in [-0.4, -0.2) is 4.98 Å². The molecule has 1 nitrogen and oxygen atoms in total. The average molecular weight is 185 g/mol. The van der Waals surface area contributed by atoms with E-state index in [-0.39, 0.29) is 0 Å². The molecule has 72 valence electrons. The number of allylic oxidation sites excluding steroid dienone is 1. The number of fused-ring (bicyclic) bond motifs is 1. The van der Waals surface area contributed by atoms with E-state index in [0.717, 1.165) is 6.42 Å². The van der Waals surface area contributed by atoms with Crippen molar-refractivity contribution in [3.8, 4) is 0 Å². The van der Waals surface area contributed by atoms with Crippen molar-refractivity contribution in [1.82, 2.24) is 4.98 Å².